The van der Waals surface area contributed by atoms with E-state index in [1.807, 2.05) is 30.3 Å². The highest BCUT2D eigenvalue weighted by atomic mass is 16.5. The Balaban J connectivity index is 1.71. The number of carboxylic acids is 1. The number of hydrogen-bond donors (Lipinski definition) is 2. The van der Waals surface area contributed by atoms with Gasteiger partial charge in [0.2, 0.25) is 5.95 Å². The van der Waals surface area contributed by atoms with Gasteiger partial charge in [0.25, 0.3) is 0 Å². The average molecular weight is 438 g/mol. The predicted octanol–water partition coefficient (Wildman–Crippen LogP) is 2.07. The zero-order valence-corrected chi connectivity index (χ0v) is 18.1. The number of rotatable bonds is 4. The maximum atomic E-state index is 12.4. The molecule has 2 N–H and O–H groups in total. The zero-order chi connectivity index (χ0) is 22.1. The van der Waals surface area contributed by atoms with Crippen molar-refractivity contribution in [3.63, 3.8) is 0 Å². The van der Waals surface area contributed by atoms with Crippen molar-refractivity contribution >= 4 is 23.6 Å². The third-order valence-corrected chi connectivity index (χ3v) is 6.17. The largest absolute Gasteiger partial charge is 0.478 e. The number of anilines is 3. The van der Waals surface area contributed by atoms with Crippen LogP contribution in [0.4, 0.5) is 17.6 Å². The molecule has 1 unspecified atom stereocenters. The van der Waals surface area contributed by atoms with E-state index in [-0.39, 0.29) is 0 Å². The summed E-state index contributed by atoms with van der Waals surface area (Å²) in [7, 11) is 0. The summed E-state index contributed by atoms with van der Waals surface area (Å²) in [5, 5.41) is 13.4. The number of allylic oxidation sites excluding steroid dienone is 1. The Kier molecular flexibility index (Phi) is 5.67. The van der Waals surface area contributed by atoms with E-state index in [2.05, 4.69) is 15.1 Å². The second kappa shape index (κ2) is 8.76. The van der Waals surface area contributed by atoms with Gasteiger partial charge in [0.15, 0.2) is 0 Å². The minimum atomic E-state index is -0.945. The van der Waals surface area contributed by atoms with E-state index >= 15 is 0 Å². The molecular weight excluding hydrogens is 410 g/mol. The number of nitrogens with zero attached hydrogens (tertiary/aromatic N) is 4. The maximum absolute atomic E-state index is 12.4. The van der Waals surface area contributed by atoms with Crippen molar-refractivity contribution < 1.29 is 19.4 Å². The Bertz CT molecular complexity index is 1030. The van der Waals surface area contributed by atoms with Gasteiger partial charge in [0.1, 0.15) is 11.6 Å². The molecule has 0 aliphatic carbocycles. The van der Waals surface area contributed by atoms with E-state index in [1.54, 1.807) is 6.92 Å². The summed E-state index contributed by atoms with van der Waals surface area (Å²) in [4.78, 5) is 26.6. The first-order valence-corrected chi connectivity index (χ1v) is 11.0. The van der Waals surface area contributed by atoms with E-state index in [4.69, 9.17) is 19.4 Å². The molecule has 0 spiro atoms. The third-order valence-electron chi connectivity index (χ3n) is 6.17. The third kappa shape index (κ3) is 3.78. The zero-order valence-electron chi connectivity index (χ0n) is 18.1. The van der Waals surface area contributed by atoms with Crippen molar-refractivity contribution in [2.45, 2.75) is 12.8 Å². The van der Waals surface area contributed by atoms with E-state index < -0.39 is 11.9 Å². The Hall–Kier alpha value is -3.17. The highest BCUT2D eigenvalue weighted by Crippen LogP contribution is 2.45. The molecule has 2 aromatic rings. The average Bonchev–Trinajstić information content (AvgIpc) is 2.84. The van der Waals surface area contributed by atoms with E-state index in [9.17, 15) is 9.90 Å². The van der Waals surface area contributed by atoms with Crippen LogP contribution in [0.5, 0.6) is 0 Å². The molecule has 168 valence electrons. The molecule has 32 heavy (non-hydrogen) atoms. The monoisotopic (exact) mass is 437 g/mol. The van der Waals surface area contributed by atoms with Crippen molar-refractivity contribution in [2.75, 3.05) is 67.7 Å². The minimum absolute atomic E-state index is 0.320. The van der Waals surface area contributed by atoms with Gasteiger partial charge < -0.3 is 29.7 Å². The van der Waals surface area contributed by atoms with Crippen LogP contribution in [-0.2, 0) is 14.3 Å². The summed E-state index contributed by atoms with van der Waals surface area (Å²) in [5.74, 6) is 0.660. The first-order valence-electron chi connectivity index (χ1n) is 11.0. The highest BCUT2D eigenvalue weighted by Gasteiger charge is 2.38. The number of aromatic nitrogens is 2. The number of morpholine rings is 2. The minimum Gasteiger partial charge on any atom is -0.478 e. The molecule has 0 saturated carbocycles. The number of hydrogen-bond acceptors (Lipinski definition) is 8. The number of carbonyl (C=O) groups is 1. The molecule has 0 bridgehead atoms. The Morgan fingerprint density at radius 1 is 1.00 bits per heavy atom. The van der Waals surface area contributed by atoms with Crippen molar-refractivity contribution in [1.29, 1.82) is 0 Å². The fourth-order valence-corrected chi connectivity index (χ4v) is 4.60. The molecule has 3 aliphatic heterocycles. The number of fused-ring (bicyclic) bond motifs is 1. The van der Waals surface area contributed by atoms with Gasteiger partial charge in [-0.2, -0.15) is 9.97 Å². The molecule has 9 nitrogen and oxygen atoms in total. The van der Waals surface area contributed by atoms with Crippen LogP contribution < -0.4 is 15.1 Å². The highest BCUT2D eigenvalue weighted by molar-refractivity contribution is 5.94. The molecule has 0 radical (unpaired) electrons. The van der Waals surface area contributed by atoms with Gasteiger partial charge in [0.05, 0.1) is 37.9 Å². The predicted molar refractivity (Wildman–Crippen MR) is 120 cm³/mol. The Labute approximate surface area is 186 Å². The molecule has 5 rings (SSSR count). The normalized spacial score (nSPS) is 21.2. The molecule has 0 amide bonds. The molecule has 1 aromatic carbocycles. The molecule has 4 heterocycles. The van der Waals surface area contributed by atoms with Crippen molar-refractivity contribution in [1.82, 2.24) is 9.97 Å². The smallest absolute Gasteiger partial charge is 0.334 e. The lowest BCUT2D eigenvalue weighted by Crippen LogP contribution is -2.41. The van der Waals surface area contributed by atoms with Crippen LogP contribution in [0.25, 0.3) is 0 Å². The molecule has 3 aliphatic rings. The van der Waals surface area contributed by atoms with E-state index in [1.165, 1.54) is 0 Å². The SMILES string of the molecule is CC1=C(C(=O)O)C(c2ccccc2)c2c(nc(N3CCOCC3)nc2N2CCOCC2)N1. The number of ether oxygens (including phenoxy) is 2. The van der Waals surface area contributed by atoms with Gasteiger partial charge in [-0.05, 0) is 12.5 Å². The fourth-order valence-electron chi connectivity index (χ4n) is 4.60. The van der Waals surface area contributed by atoms with Crippen molar-refractivity contribution in [3.05, 3.63) is 52.7 Å². The second-order valence-corrected chi connectivity index (χ2v) is 8.12. The number of benzene rings is 1. The second-order valence-electron chi connectivity index (χ2n) is 8.12. The van der Waals surface area contributed by atoms with Crippen LogP contribution in [0.3, 0.4) is 0 Å². The Morgan fingerprint density at radius 3 is 2.25 bits per heavy atom. The van der Waals surface area contributed by atoms with E-state index in [0.29, 0.717) is 62.6 Å². The lowest BCUT2D eigenvalue weighted by atomic mass is 9.81. The summed E-state index contributed by atoms with van der Waals surface area (Å²) < 4.78 is 11.1. The topological polar surface area (TPSA) is 100 Å². The summed E-state index contributed by atoms with van der Waals surface area (Å²) in [6.07, 6.45) is 0. The van der Waals surface area contributed by atoms with Gasteiger partial charge in [0, 0.05) is 37.4 Å². The van der Waals surface area contributed by atoms with Crippen LogP contribution in [-0.4, -0.2) is 73.7 Å². The maximum Gasteiger partial charge on any atom is 0.334 e. The van der Waals surface area contributed by atoms with Crippen LogP contribution in [0.15, 0.2) is 41.6 Å². The van der Waals surface area contributed by atoms with Gasteiger partial charge >= 0.3 is 5.97 Å². The summed E-state index contributed by atoms with van der Waals surface area (Å²) in [6, 6.07) is 9.74. The summed E-state index contributed by atoms with van der Waals surface area (Å²) in [6.45, 7) is 7.11. The molecule has 9 heteroatoms. The molecule has 2 saturated heterocycles. The standard InChI is InChI=1S/C23H27N5O4/c1-15-17(22(29)30)18(16-5-3-2-4-6-16)19-20(24-15)25-23(28-9-13-32-14-10-28)26-21(19)27-7-11-31-12-8-27/h2-6,18H,7-14H2,1H3,(H,29,30)(H,24,25,26). The van der Waals surface area contributed by atoms with Crippen LogP contribution in [0.2, 0.25) is 0 Å². The van der Waals surface area contributed by atoms with Gasteiger partial charge in [-0.1, -0.05) is 30.3 Å². The number of nitrogens with one attached hydrogen (secondary N) is 1. The molecule has 1 atom stereocenters. The van der Waals surface area contributed by atoms with Gasteiger partial charge in [-0.15, -0.1) is 0 Å². The molecular formula is C23H27N5O4. The Morgan fingerprint density at radius 2 is 1.62 bits per heavy atom. The van der Waals surface area contributed by atoms with Crippen LogP contribution >= 0.6 is 0 Å². The van der Waals surface area contributed by atoms with Crippen molar-refractivity contribution in [3.8, 4) is 0 Å². The van der Waals surface area contributed by atoms with Gasteiger partial charge in [-0.25, -0.2) is 4.79 Å². The van der Waals surface area contributed by atoms with Crippen molar-refractivity contribution in [2.24, 2.45) is 0 Å². The fraction of sp³-hybridized carbons (Fsp3) is 0.435. The number of aliphatic carboxylic acids is 1. The quantitative estimate of drug-likeness (QED) is 0.744. The van der Waals surface area contributed by atoms with Crippen LogP contribution in [0.1, 0.15) is 24.0 Å². The van der Waals surface area contributed by atoms with Crippen LogP contribution in [0, 0.1) is 0 Å². The summed E-state index contributed by atoms with van der Waals surface area (Å²) in [5.41, 5.74) is 2.63. The first kappa shape index (κ1) is 20.7. The molecule has 2 fully saturated rings. The lowest BCUT2D eigenvalue weighted by molar-refractivity contribution is -0.132. The summed E-state index contributed by atoms with van der Waals surface area (Å²) >= 11 is 0. The van der Waals surface area contributed by atoms with Gasteiger partial charge in [-0.3, -0.25) is 0 Å². The van der Waals surface area contributed by atoms with E-state index in [0.717, 1.165) is 30.0 Å². The number of carboxylic acid groups (broad SMARTS) is 1. The lowest BCUT2D eigenvalue weighted by Gasteiger charge is -2.36. The first-order chi connectivity index (χ1) is 15.6. The molecule has 1 aromatic heterocycles.